The molecule has 9 rings (SSSR count). The highest BCUT2D eigenvalue weighted by Crippen LogP contribution is 2.34. The maximum Gasteiger partial charge on any atom is 0.408 e. The first-order valence-electron chi connectivity index (χ1n) is 34.2. The largest absolute Gasteiger partial charge is 0.461 e. The van der Waals surface area contributed by atoms with E-state index in [1.807, 2.05) is 95.3 Å². The minimum absolute atomic E-state index is 0.0149. The van der Waals surface area contributed by atoms with Gasteiger partial charge in [-0.25, -0.2) is 10.2 Å². The number of alkyl carbamates (subject to hydrolysis) is 1. The molecule has 550 valence electrons. The van der Waals surface area contributed by atoms with E-state index in [0.29, 0.717) is 68.5 Å². The number of esters is 3. The van der Waals surface area contributed by atoms with Gasteiger partial charge in [-0.15, -0.1) is 0 Å². The zero-order valence-electron chi connectivity index (χ0n) is 59.0. The number of nitrogens with one attached hydrogen (secondary N) is 5. The molecule has 7 heterocycles. The molecule has 1 spiro atoms. The van der Waals surface area contributed by atoms with Crippen LogP contribution in [0.25, 0.3) is 34.0 Å². The maximum absolute atomic E-state index is 14.1. The van der Waals surface area contributed by atoms with Crippen molar-refractivity contribution in [2.75, 3.05) is 66.3 Å². The van der Waals surface area contributed by atoms with Crippen LogP contribution in [0, 0.1) is 28.6 Å². The van der Waals surface area contributed by atoms with E-state index < -0.39 is 129 Å². The molecule has 26 nitrogen and oxygen atoms in total. The number of fused-ring (bicyclic) bond motifs is 5. The number of aromatic nitrogens is 2. The Kier molecular flexibility index (Phi) is 27.5. The van der Waals surface area contributed by atoms with Gasteiger partial charge < -0.3 is 64.1 Å². The number of rotatable bonds is 15. The van der Waals surface area contributed by atoms with E-state index in [1.54, 1.807) is 58.9 Å². The number of hydrazine groups is 1. The summed E-state index contributed by atoms with van der Waals surface area (Å²) in [5, 5.41) is 14.4. The van der Waals surface area contributed by atoms with Crippen LogP contribution in [0.4, 0.5) is 4.79 Å². The fraction of sp³-hybridized carbons (Fsp3) is 0.569. The summed E-state index contributed by atoms with van der Waals surface area (Å²) < 4.78 is 42.9. The molecule has 5 aliphatic heterocycles. The molecule has 29 heteroatoms. The topological polar surface area (TPSA) is 320 Å². The van der Waals surface area contributed by atoms with Crippen LogP contribution in [0.5, 0.6) is 0 Å². The van der Waals surface area contributed by atoms with E-state index in [2.05, 4.69) is 26.7 Å². The fourth-order valence-corrected chi connectivity index (χ4v) is 12.0. The quantitative estimate of drug-likeness (QED) is 0.0421. The van der Waals surface area contributed by atoms with Gasteiger partial charge >= 0.3 is 24.0 Å². The zero-order chi connectivity index (χ0) is 73.6. The Bertz CT molecular complexity index is 3700. The molecule has 0 saturated carbocycles. The summed E-state index contributed by atoms with van der Waals surface area (Å²) in [6, 6.07) is 15.6. The molecular weight excluding hydrogens is 1370 g/mol. The Morgan fingerprint density at radius 3 is 2.09 bits per heavy atom. The molecular formula is C72H94Cl3N9O17. The summed E-state index contributed by atoms with van der Waals surface area (Å²) in [4.78, 5) is 131. The van der Waals surface area contributed by atoms with Crippen molar-refractivity contribution in [3.8, 4) is 0 Å². The molecule has 5 bridgehead atoms. The summed E-state index contributed by atoms with van der Waals surface area (Å²) in [5.41, 5.74) is 3.92. The molecule has 4 aromatic rings. The van der Waals surface area contributed by atoms with Crippen molar-refractivity contribution < 1.29 is 81.0 Å². The highest BCUT2D eigenvalue weighted by Gasteiger charge is 2.46. The third kappa shape index (κ3) is 21.5. The summed E-state index contributed by atoms with van der Waals surface area (Å²) >= 11 is 17.1. The van der Waals surface area contributed by atoms with Crippen LogP contribution in [-0.2, 0) is 76.3 Å². The highest BCUT2D eigenvalue weighted by molar-refractivity contribution is 6.67. The fourth-order valence-electron chi connectivity index (χ4n) is 11.9. The summed E-state index contributed by atoms with van der Waals surface area (Å²) in [5.74, 6) is -5.60. The van der Waals surface area contributed by atoms with E-state index in [-0.39, 0.29) is 58.4 Å². The summed E-state index contributed by atoms with van der Waals surface area (Å²) in [6.07, 6.45) is 7.17. The van der Waals surface area contributed by atoms with Crippen LogP contribution in [0.2, 0.25) is 0 Å². The van der Waals surface area contributed by atoms with Crippen molar-refractivity contribution >= 4 is 122 Å². The third-order valence-corrected chi connectivity index (χ3v) is 18.5. The van der Waals surface area contributed by atoms with E-state index in [0.717, 1.165) is 27.4 Å². The first-order chi connectivity index (χ1) is 47.8. The van der Waals surface area contributed by atoms with Gasteiger partial charge in [0.05, 0.1) is 66.9 Å². The van der Waals surface area contributed by atoms with Crippen LogP contribution in [0.1, 0.15) is 149 Å². The van der Waals surface area contributed by atoms with Crippen LogP contribution in [0.3, 0.4) is 0 Å². The van der Waals surface area contributed by atoms with Gasteiger partial charge in [0.15, 0.2) is 12.2 Å². The molecule has 10 atom stereocenters. The number of hydrogen-bond donors (Lipinski definition) is 5. The first-order valence-corrected chi connectivity index (χ1v) is 35.4. The van der Waals surface area contributed by atoms with Gasteiger partial charge in [-0.05, 0) is 122 Å². The van der Waals surface area contributed by atoms with Gasteiger partial charge in [-0.3, -0.25) is 53.3 Å². The monoisotopic (exact) mass is 1460 g/mol. The van der Waals surface area contributed by atoms with Crippen LogP contribution < -0.4 is 26.7 Å². The minimum Gasteiger partial charge on any atom is -0.461 e. The lowest BCUT2D eigenvalue weighted by molar-refractivity contribution is -0.193. The normalized spacial score (nSPS) is 23.3. The number of nitrogens with zero attached hydrogens (tertiary/aromatic N) is 4. The molecule has 6 amide bonds. The van der Waals surface area contributed by atoms with Gasteiger partial charge in [0, 0.05) is 42.2 Å². The lowest BCUT2D eigenvalue weighted by Crippen LogP contribution is -2.61. The van der Waals surface area contributed by atoms with Crippen molar-refractivity contribution in [3.05, 3.63) is 95.3 Å². The lowest BCUT2D eigenvalue weighted by Gasteiger charge is -2.36. The van der Waals surface area contributed by atoms with E-state index >= 15 is 0 Å². The highest BCUT2D eigenvalue weighted by atomic mass is 35.6. The standard InChI is InChI=1S/C40H53Cl3N4O10.C32H41N5O7/c1-8-24(2)32(33(48)44-26(4)34(49)47-17-9-10-29(19-47)35(50)55-22-40(41,42)43)56-36(51)39(20-53-23-54-21-39)16-15-27-11-12-28-13-14-30(46-31(28)18-27)25(3)45-37(52)57-38(5,6)7;1-5-19(2)27-29(39)34-21(4)30(40)37-14-6-7-25(36-37)28(38)33-20(3)24-11-10-23-9-8-22(15-26(23)35-24)12-13-32(31(41)44-27)16-42-18-43-17-32/h11-16,18,24-26,29,32H,8-10,17,19-23H2,1-7H3,(H,44,48)(H,45,52);8-13,15,19-21,25,27,36H,5-7,14,16-18H2,1-4H3,(H,33,38)(H,34,39)/b16-15+;13-12+/t24-,25+,26-,29+,32-;19-,20+,21-,25-,27-/m00/s1. The smallest absolute Gasteiger partial charge is 0.408 e. The second kappa shape index (κ2) is 35.1. The molecule has 4 fully saturated rings. The molecule has 0 aliphatic carbocycles. The zero-order valence-corrected chi connectivity index (χ0v) is 61.3. The van der Waals surface area contributed by atoms with Crippen LogP contribution >= 0.6 is 34.8 Å². The minimum atomic E-state index is -1.76. The Morgan fingerprint density at radius 1 is 0.772 bits per heavy atom. The molecule has 5 aliphatic rings. The van der Waals surface area contributed by atoms with Crippen LogP contribution in [-0.4, -0.2) is 179 Å². The molecule has 4 saturated heterocycles. The van der Waals surface area contributed by atoms with E-state index in [9.17, 15) is 43.2 Å². The molecule has 101 heavy (non-hydrogen) atoms. The average Bonchev–Trinajstić information content (AvgIpc) is 1.00. The number of amides is 6. The Hall–Kier alpha value is -7.56. The molecule has 5 N–H and O–H groups in total. The number of carbonyl (C=O) groups is 9. The number of hydrogen-bond acceptors (Lipinski definition) is 20. The number of ether oxygens (including phenoxy) is 8. The summed E-state index contributed by atoms with van der Waals surface area (Å²) in [6.45, 7) is 19.9. The van der Waals surface area contributed by atoms with Gasteiger partial charge in [0.25, 0.3) is 17.7 Å². The summed E-state index contributed by atoms with van der Waals surface area (Å²) in [7, 11) is 0. The van der Waals surface area contributed by atoms with E-state index in [1.165, 1.54) is 16.8 Å². The number of carbonyl (C=O) groups excluding carboxylic acids is 9. The van der Waals surface area contributed by atoms with Gasteiger partial charge in [0.2, 0.25) is 15.6 Å². The number of piperidine rings is 1. The second-order valence-electron chi connectivity index (χ2n) is 27.6. The van der Waals surface area contributed by atoms with Crippen molar-refractivity contribution in [3.63, 3.8) is 0 Å². The average molecular weight is 1460 g/mol. The maximum atomic E-state index is 14.1. The Balaban J connectivity index is 0.000000265. The van der Waals surface area contributed by atoms with Gasteiger partial charge in [-0.1, -0.05) is 123 Å². The predicted octanol–water partition coefficient (Wildman–Crippen LogP) is 8.83. The van der Waals surface area contributed by atoms with E-state index in [4.69, 9.17) is 82.7 Å². The Morgan fingerprint density at radius 2 is 1.42 bits per heavy atom. The van der Waals surface area contributed by atoms with Gasteiger partial charge in [0.1, 0.15) is 54.7 Å². The van der Waals surface area contributed by atoms with Gasteiger partial charge in [-0.2, -0.15) is 0 Å². The molecule has 2 aromatic carbocycles. The first kappa shape index (κ1) is 79.1. The number of likely N-dealkylation sites (tertiary alicyclic amines) is 1. The number of benzene rings is 2. The Labute approximate surface area is 603 Å². The predicted molar refractivity (Wildman–Crippen MR) is 377 cm³/mol. The van der Waals surface area contributed by atoms with Crippen molar-refractivity contribution in [1.29, 1.82) is 0 Å². The number of alkyl halides is 3. The molecule has 2 aromatic heterocycles. The van der Waals surface area contributed by atoms with Crippen molar-refractivity contribution in [2.24, 2.45) is 28.6 Å². The SMILES string of the molecule is CC[C@H](C)[C@@H]1OC(=O)C2(/C=C/c3ccc4ccc(nc4c3)[C@@H](C)NC(=O)[C@@H]3CCCN(N3)C(=O)[C@H](C)NC1=O)COCOC2.CC[C@H](C)[C@H](OC(=O)C1(/C=C/c2ccc3ccc([C@@H](C)NC(=O)OC(C)(C)C)nc3c2)COCOC1)C(=O)N[C@@H](C)C(=O)N1CCC[C@@H](C(=O)OCC(Cl)(Cl)Cl)C1. The van der Waals surface area contributed by atoms with Crippen LogP contribution in [0.15, 0.2) is 72.8 Å². The molecule has 0 radical (unpaired) electrons. The number of pyridine rings is 2. The number of halogens is 3. The lowest BCUT2D eigenvalue weighted by atomic mass is 9.87. The molecule has 0 unspecified atom stereocenters. The van der Waals surface area contributed by atoms with Crippen molar-refractivity contribution in [2.45, 2.75) is 166 Å². The second-order valence-corrected chi connectivity index (χ2v) is 30.1. The van der Waals surface area contributed by atoms with Crippen molar-refractivity contribution in [1.82, 2.24) is 46.6 Å². The third-order valence-electron chi connectivity index (χ3n) is 18.2. The number of cyclic esters (lactones) is 1.